The van der Waals surface area contributed by atoms with E-state index in [1.165, 1.54) is 50.5 Å². The minimum absolute atomic E-state index is 0.0176. The highest BCUT2D eigenvalue weighted by Gasteiger charge is 2.21. The van der Waals surface area contributed by atoms with E-state index < -0.39 is 41.4 Å². The molecule has 0 saturated carbocycles. The Morgan fingerprint density at radius 1 is 0.479 bits per heavy atom. The van der Waals surface area contributed by atoms with Crippen molar-refractivity contribution in [3.05, 3.63) is 84.1 Å². The minimum Gasteiger partial charge on any atom is -0.356 e. The van der Waals surface area contributed by atoms with Crippen LogP contribution in [-0.4, -0.2) is 144 Å². The van der Waals surface area contributed by atoms with Crippen LogP contribution < -0.4 is 47.9 Å². The molecular formula is C47H65N17O9. The van der Waals surface area contributed by atoms with Gasteiger partial charge in [-0.25, -0.2) is 9.97 Å². The van der Waals surface area contributed by atoms with Gasteiger partial charge in [-0.15, -0.1) is 0 Å². The topological polar surface area (TPSA) is 316 Å². The molecule has 0 bridgehead atoms. The van der Waals surface area contributed by atoms with E-state index in [0.29, 0.717) is 30.9 Å². The second kappa shape index (κ2) is 26.6. The lowest BCUT2D eigenvalue weighted by molar-refractivity contribution is -0.121. The van der Waals surface area contributed by atoms with Gasteiger partial charge in [0.25, 0.3) is 29.5 Å². The van der Waals surface area contributed by atoms with Gasteiger partial charge in [0.05, 0.1) is 17.1 Å². The molecule has 26 nitrogen and oxygen atoms in total. The monoisotopic (exact) mass is 1010 g/mol. The Bertz CT molecular complexity index is 2800. The van der Waals surface area contributed by atoms with Crippen LogP contribution in [-0.2, 0) is 54.4 Å². The SMILES string of the molecule is CCC(=O)NCCCN(C)CCCNC(=O)CCNC(=O)c1cc(NC(=O)CCNC(=O)c2cc(NC(=O)c3nc(NC(=O)CCNC(=O)c4cc(NC(=O)c5nccn5C)cn4C)cn3C)cn2C)cn1C. The number of nitrogens with zero attached hydrogens (tertiary/aromatic N) is 8. The zero-order valence-corrected chi connectivity index (χ0v) is 42.1. The fourth-order valence-electron chi connectivity index (χ4n) is 7.32. The Balaban J connectivity index is 0.968. The number of carbonyl (C=O) groups is 9. The molecule has 0 radical (unpaired) electrons. The van der Waals surface area contributed by atoms with E-state index in [9.17, 15) is 43.2 Å². The number of rotatable bonds is 27. The van der Waals surface area contributed by atoms with E-state index in [2.05, 4.69) is 62.7 Å². The standard InChI is InChI=1S/C47H65N17O9/c1-8-37(65)48-14-9-20-59(2)21-10-15-49-38(66)11-16-51-43(69)33-23-30(26-61(33)4)54-39(67)12-17-52-44(70)35-25-32(28-63(35)6)56-47(73)42-58-36(29-64(42)7)57-40(68)13-18-53-45(71)34-24-31(27-62(34)5)55-46(72)41-50-19-22-60(41)3/h19,22-29H,8-18,20-21H2,1-7H3,(H,48,65)(H,49,66)(H,51,69)(H,52,70)(H,53,71)(H,54,67)(H,55,72)(H,56,73)(H,57,68). The number of anilines is 4. The molecule has 9 N–H and O–H groups in total. The van der Waals surface area contributed by atoms with Crippen LogP contribution in [0.15, 0.2) is 55.4 Å². The number of aryl methyl sites for hydroxylation is 5. The molecule has 0 aliphatic heterocycles. The van der Waals surface area contributed by atoms with Gasteiger partial charge in [0, 0.05) is 131 Å². The predicted octanol–water partition coefficient (Wildman–Crippen LogP) is 0.665. The first-order chi connectivity index (χ1) is 34.8. The van der Waals surface area contributed by atoms with Crippen LogP contribution in [0.25, 0.3) is 0 Å². The second-order valence-corrected chi connectivity index (χ2v) is 17.2. The maximum absolute atomic E-state index is 13.2. The third-order valence-electron chi connectivity index (χ3n) is 11.2. The van der Waals surface area contributed by atoms with Crippen LogP contribution in [0.3, 0.4) is 0 Å². The normalized spacial score (nSPS) is 10.9. The molecule has 0 spiro atoms. The van der Waals surface area contributed by atoms with Crippen molar-refractivity contribution in [2.45, 2.75) is 45.4 Å². The Hall–Kier alpha value is -8.55. The molecule has 0 aliphatic rings. The van der Waals surface area contributed by atoms with Crippen LogP contribution in [0, 0.1) is 0 Å². The molecule has 0 fully saturated rings. The highest BCUT2D eigenvalue weighted by Crippen LogP contribution is 2.17. The van der Waals surface area contributed by atoms with Gasteiger partial charge in [-0.05, 0) is 51.2 Å². The molecule has 0 aromatic carbocycles. The Labute approximate surface area is 421 Å². The molecule has 0 atom stereocenters. The fourth-order valence-corrected chi connectivity index (χ4v) is 7.32. The summed E-state index contributed by atoms with van der Waals surface area (Å²) in [6.07, 6.45) is 11.2. The Kier molecular flexibility index (Phi) is 20.2. The number of hydrogen-bond donors (Lipinski definition) is 9. The summed E-state index contributed by atoms with van der Waals surface area (Å²) >= 11 is 0. The number of hydrogen-bond acceptors (Lipinski definition) is 12. The Morgan fingerprint density at radius 3 is 1.38 bits per heavy atom. The van der Waals surface area contributed by atoms with E-state index in [4.69, 9.17) is 0 Å². The first-order valence-corrected chi connectivity index (χ1v) is 23.6. The van der Waals surface area contributed by atoms with Gasteiger partial charge in [0.15, 0.2) is 11.6 Å². The van der Waals surface area contributed by atoms with Crippen molar-refractivity contribution in [2.24, 2.45) is 35.2 Å². The van der Waals surface area contributed by atoms with Crippen molar-refractivity contribution in [3.63, 3.8) is 0 Å². The lowest BCUT2D eigenvalue weighted by atomic mass is 10.3. The summed E-state index contributed by atoms with van der Waals surface area (Å²) < 4.78 is 7.55. The molecule has 73 heavy (non-hydrogen) atoms. The van der Waals surface area contributed by atoms with Crippen LogP contribution >= 0.6 is 0 Å². The summed E-state index contributed by atoms with van der Waals surface area (Å²) in [5.74, 6) is -3.24. The van der Waals surface area contributed by atoms with E-state index in [-0.39, 0.29) is 90.9 Å². The first kappa shape index (κ1) is 55.4. The van der Waals surface area contributed by atoms with Crippen LogP contribution in [0.1, 0.15) is 98.2 Å². The van der Waals surface area contributed by atoms with E-state index >= 15 is 0 Å². The molecule has 0 unspecified atom stereocenters. The lowest BCUT2D eigenvalue weighted by Crippen LogP contribution is -2.33. The molecule has 5 rings (SSSR count). The van der Waals surface area contributed by atoms with Crippen molar-refractivity contribution >= 4 is 76.0 Å². The van der Waals surface area contributed by atoms with Gasteiger partial charge < -0.3 is 75.6 Å². The predicted molar refractivity (Wildman–Crippen MR) is 270 cm³/mol. The zero-order chi connectivity index (χ0) is 53.2. The highest BCUT2D eigenvalue weighted by molar-refractivity contribution is 6.05. The Morgan fingerprint density at radius 2 is 0.918 bits per heavy atom. The third-order valence-corrected chi connectivity index (χ3v) is 11.2. The molecule has 5 heterocycles. The summed E-state index contributed by atoms with van der Waals surface area (Å²) in [6, 6.07) is 4.46. The smallest absolute Gasteiger partial charge is 0.291 e. The summed E-state index contributed by atoms with van der Waals surface area (Å²) in [6.45, 7) is 4.63. The van der Waals surface area contributed by atoms with Crippen molar-refractivity contribution < 1.29 is 43.2 Å². The molecule has 5 aromatic heterocycles. The summed E-state index contributed by atoms with van der Waals surface area (Å²) in [5.41, 5.74) is 1.76. The van der Waals surface area contributed by atoms with Gasteiger partial charge in [-0.1, -0.05) is 6.92 Å². The van der Waals surface area contributed by atoms with Crippen molar-refractivity contribution in [2.75, 3.05) is 74.1 Å². The van der Waals surface area contributed by atoms with Crippen molar-refractivity contribution in [1.29, 1.82) is 0 Å². The highest BCUT2D eigenvalue weighted by atomic mass is 16.2. The van der Waals surface area contributed by atoms with E-state index in [1.807, 2.05) is 14.0 Å². The van der Waals surface area contributed by atoms with Gasteiger partial charge >= 0.3 is 0 Å². The third kappa shape index (κ3) is 16.8. The van der Waals surface area contributed by atoms with Crippen LogP contribution in [0.2, 0.25) is 0 Å². The number of nitrogens with one attached hydrogen (secondary N) is 9. The van der Waals surface area contributed by atoms with E-state index in [0.717, 1.165) is 25.9 Å². The summed E-state index contributed by atoms with van der Waals surface area (Å²) in [7, 11) is 10.1. The maximum Gasteiger partial charge on any atom is 0.291 e. The van der Waals surface area contributed by atoms with Crippen molar-refractivity contribution in [1.82, 2.24) is 64.3 Å². The maximum atomic E-state index is 13.2. The van der Waals surface area contributed by atoms with Crippen LogP contribution in [0.5, 0.6) is 0 Å². The van der Waals surface area contributed by atoms with Gasteiger partial charge in [0.1, 0.15) is 17.1 Å². The fraction of sp³-hybridized carbons (Fsp3) is 0.426. The lowest BCUT2D eigenvalue weighted by Gasteiger charge is -2.16. The van der Waals surface area contributed by atoms with Gasteiger partial charge in [0.2, 0.25) is 29.5 Å². The summed E-state index contributed by atoms with van der Waals surface area (Å²) in [5, 5.41) is 24.5. The summed E-state index contributed by atoms with van der Waals surface area (Å²) in [4.78, 5) is 124. The molecule has 392 valence electrons. The van der Waals surface area contributed by atoms with Crippen LogP contribution in [0.4, 0.5) is 22.9 Å². The van der Waals surface area contributed by atoms with Crippen molar-refractivity contribution in [3.8, 4) is 0 Å². The number of amides is 9. The second-order valence-electron chi connectivity index (χ2n) is 17.2. The average molecular weight is 1010 g/mol. The number of imidazole rings is 2. The largest absolute Gasteiger partial charge is 0.356 e. The van der Waals surface area contributed by atoms with E-state index in [1.54, 1.807) is 63.0 Å². The van der Waals surface area contributed by atoms with Gasteiger partial charge in [-0.3, -0.25) is 43.2 Å². The molecule has 0 saturated heterocycles. The quantitative estimate of drug-likeness (QED) is 0.0328. The average Bonchev–Trinajstić information content (AvgIpc) is 4.18. The molecule has 26 heteroatoms. The minimum atomic E-state index is -0.623. The molecule has 5 aromatic rings. The molecular weight excluding hydrogens is 947 g/mol. The number of aromatic nitrogens is 7. The first-order valence-electron chi connectivity index (χ1n) is 23.6. The molecule has 9 amide bonds. The van der Waals surface area contributed by atoms with Gasteiger partial charge in [-0.2, -0.15) is 0 Å². The number of carbonyl (C=O) groups excluding carboxylic acids is 9. The molecule has 0 aliphatic carbocycles. The zero-order valence-electron chi connectivity index (χ0n) is 42.1.